The molecule has 2 rings (SSSR count). The maximum absolute atomic E-state index is 12.1. The van der Waals surface area contributed by atoms with Gasteiger partial charge in [0.25, 0.3) is 0 Å². The highest BCUT2D eigenvalue weighted by atomic mass is 32.1. The molecule has 8 heteroatoms. The summed E-state index contributed by atoms with van der Waals surface area (Å²) < 4.78 is 14.8. The summed E-state index contributed by atoms with van der Waals surface area (Å²) in [6.45, 7) is 9.01. The molecular formula is C14H24N4O3S. The van der Waals surface area contributed by atoms with Gasteiger partial charge in [0.2, 0.25) is 5.13 Å². The predicted molar refractivity (Wildman–Crippen MR) is 85.3 cm³/mol. The molecule has 1 saturated heterocycles. The van der Waals surface area contributed by atoms with Crippen molar-refractivity contribution in [2.45, 2.75) is 39.4 Å². The number of rotatable bonds is 3. The van der Waals surface area contributed by atoms with Crippen LogP contribution in [0, 0.1) is 0 Å². The third kappa shape index (κ3) is 4.81. The van der Waals surface area contributed by atoms with E-state index < -0.39 is 5.60 Å². The fourth-order valence-electron chi connectivity index (χ4n) is 2.18. The zero-order chi connectivity index (χ0) is 16.2. The van der Waals surface area contributed by atoms with E-state index in [0.717, 1.165) is 24.6 Å². The molecular weight excluding hydrogens is 304 g/mol. The van der Waals surface area contributed by atoms with Gasteiger partial charge in [0.1, 0.15) is 12.2 Å². The van der Waals surface area contributed by atoms with Crippen LogP contribution in [0.25, 0.3) is 0 Å². The molecule has 22 heavy (non-hydrogen) atoms. The van der Waals surface area contributed by atoms with Gasteiger partial charge < -0.3 is 19.3 Å². The average Bonchev–Trinajstić information content (AvgIpc) is 2.73. The summed E-state index contributed by atoms with van der Waals surface area (Å²) in [6.07, 6.45) is 0.644. The van der Waals surface area contributed by atoms with Crippen molar-refractivity contribution >= 4 is 22.8 Å². The monoisotopic (exact) mass is 328 g/mol. The van der Waals surface area contributed by atoms with E-state index in [1.165, 1.54) is 11.5 Å². The minimum atomic E-state index is -0.461. The van der Waals surface area contributed by atoms with Gasteiger partial charge >= 0.3 is 6.09 Å². The van der Waals surface area contributed by atoms with Gasteiger partial charge in [-0.25, -0.2) is 9.78 Å². The molecule has 1 aromatic heterocycles. The molecule has 1 fully saturated rings. The van der Waals surface area contributed by atoms with Crippen molar-refractivity contribution in [1.29, 1.82) is 0 Å². The van der Waals surface area contributed by atoms with Crippen molar-refractivity contribution in [2.75, 3.05) is 38.2 Å². The van der Waals surface area contributed by atoms with Crippen molar-refractivity contribution in [3.63, 3.8) is 0 Å². The van der Waals surface area contributed by atoms with Gasteiger partial charge in [0.05, 0.1) is 0 Å². The zero-order valence-corrected chi connectivity index (χ0v) is 14.5. The number of amides is 1. The molecule has 0 aliphatic carbocycles. The van der Waals surface area contributed by atoms with E-state index in [1.807, 2.05) is 20.8 Å². The van der Waals surface area contributed by atoms with Gasteiger partial charge in [0, 0.05) is 44.8 Å². The molecule has 0 atom stereocenters. The van der Waals surface area contributed by atoms with Crippen LogP contribution in [-0.2, 0) is 16.1 Å². The Morgan fingerprint density at radius 2 is 2.05 bits per heavy atom. The highest BCUT2D eigenvalue weighted by molar-refractivity contribution is 7.09. The first-order valence-corrected chi connectivity index (χ1v) is 8.21. The van der Waals surface area contributed by atoms with Crippen LogP contribution in [0.4, 0.5) is 9.93 Å². The van der Waals surface area contributed by atoms with Crippen LogP contribution < -0.4 is 4.90 Å². The van der Waals surface area contributed by atoms with Gasteiger partial charge in [-0.2, -0.15) is 4.37 Å². The number of hydrogen-bond donors (Lipinski definition) is 0. The van der Waals surface area contributed by atoms with Crippen LogP contribution in [0.5, 0.6) is 0 Å². The second-order valence-corrected chi connectivity index (χ2v) is 6.96. The number of ether oxygens (including phenoxy) is 2. The molecule has 0 aromatic carbocycles. The molecule has 0 spiro atoms. The van der Waals surface area contributed by atoms with Crippen molar-refractivity contribution < 1.29 is 14.3 Å². The van der Waals surface area contributed by atoms with Crippen LogP contribution in [-0.4, -0.2) is 59.2 Å². The topological polar surface area (TPSA) is 67.8 Å². The number of carbonyl (C=O) groups excluding carboxylic acids is 1. The molecule has 0 saturated carbocycles. The highest BCUT2D eigenvalue weighted by Crippen LogP contribution is 2.20. The number of nitrogens with zero attached hydrogens (tertiary/aromatic N) is 4. The quantitative estimate of drug-likeness (QED) is 0.847. The largest absolute Gasteiger partial charge is 0.444 e. The molecule has 0 radical (unpaired) electrons. The number of methoxy groups -OCH3 is 1. The number of aromatic nitrogens is 2. The standard InChI is InChI=1S/C14H24N4O3S/c1-14(2,3)21-13(19)18-7-5-6-17(8-9-18)12-15-11(10-20-4)16-22-12/h5-10H2,1-4H3. The fraction of sp³-hybridized carbons (Fsp3) is 0.786. The second kappa shape index (κ2) is 7.23. The Kier molecular flexibility index (Phi) is 5.57. The summed E-state index contributed by atoms with van der Waals surface area (Å²) in [4.78, 5) is 20.5. The van der Waals surface area contributed by atoms with Gasteiger partial charge in [-0.1, -0.05) is 0 Å². The van der Waals surface area contributed by atoms with E-state index >= 15 is 0 Å². The summed E-state index contributed by atoms with van der Waals surface area (Å²) in [7, 11) is 1.63. The molecule has 1 amide bonds. The summed E-state index contributed by atoms with van der Waals surface area (Å²) in [5.74, 6) is 0.704. The second-order valence-electron chi connectivity index (χ2n) is 6.23. The molecule has 0 N–H and O–H groups in total. The summed E-state index contributed by atoms with van der Waals surface area (Å²) in [5, 5.41) is 0.887. The van der Waals surface area contributed by atoms with Crippen LogP contribution in [0.2, 0.25) is 0 Å². The highest BCUT2D eigenvalue weighted by Gasteiger charge is 2.25. The summed E-state index contributed by atoms with van der Waals surface area (Å²) >= 11 is 1.38. The Labute approximate surface area is 135 Å². The maximum atomic E-state index is 12.1. The third-order valence-electron chi connectivity index (χ3n) is 3.15. The van der Waals surface area contributed by atoms with Gasteiger partial charge in [-0.15, -0.1) is 0 Å². The molecule has 1 aromatic rings. The van der Waals surface area contributed by atoms with Gasteiger partial charge in [0.15, 0.2) is 5.82 Å². The van der Waals surface area contributed by atoms with Crippen LogP contribution in [0.3, 0.4) is 0 Å². The Balaban J connectivity index is 1.93. The molecule has 7 nitrogen and oxygen atoms in total. The molecule has 1 aliphatic rings. The normalized spacial score (nSPS) is 16.5. The summed E-state index contributed by atoms with van der Waals surface area (Å²) in [5.41, 5.74) is -0.461. The van der Waals surface area contributed by atoms with Crippen LogP contribution >= 0.6 is 11.5 Å². The molecule has 2 heterocycles. The molecule has 0 unspecified atom stereocenters. The van der Waals surface area contributed by atoms with E-state index in [-0.39, 0.29) is 6.09 Å². The Bertz CT molecular complexity index is 501. The number of anilines is 1. The van der Waals surface area contributed by atoms with Crippen LogP contribution in [0.15, 0.2) is 0 Å². The van der Waals surface area contributed by atoms with E-state index in [1.54, 1.807) is 12.0 Å². The first-order chi connectivity index (χ1) is 10.4. The predicted octanol–water partition coefficient (Wildman–Crippen LogP) is 2.13. The van der Waals surface area contributed by atoms with E-state index in [4.69, 9.17) is 9.47 Å². The lowest BCUT2D eigenvalue weighted by Gasteiger charge is -2.26. The lowest BCUT2D eigenvalue weighted by molar-refractivity contribution is 0.0263. The Morgan fingerprint density at radius 3 is 2.73 bits per heavy atom. The van der Waals surface area contributed by atoms with Crippen molar-refractivity contribution in [3.8, 4) is 0 Å². The van der Waals surface area contributed by atoms with E-state index in [0.29, 0.717) is 25.5 Å². The molecule has 0 bridgehead atoms. The van der Waals surface area contributed by atoms with Crippen molar-refractivity contribution in [1.82, 2.24) is 14.3 Å². The Hall–Kier alpha value is -1.41. The Morgan fingerprint density at radius 1 is 1.27 bits per heavy atom. The SMILES string of the molecule is COCc1nsc(N2CCCN(C(=O)OC(C)(C)C)CC2)n1. The lowest BCUT2D eigenvalue weighted by atomic mass is 10.2. The summed E-state index contributed by atoms with van der Waals surface area (Å²) in [6, 6.07) is 0. The van der Waals surface area contributed by atoms with Gasteiger partial charge in [-0.3, -0.25) is 0 Å². The van der Waals surface area contributed by atoms with Crippen LogP contribution in [0.1, 0.15) is 33.0 Å². The van der Waals surface area contributed by atoms with Crippen molar-refractivity contribution in [3.05, 3.63) is 5.82 Å². The number of hydrogen-bond acceptors (Lipinski definition) is 7. The zero-order valence-electron chi connectivity index (χ0n) is 13.7. The average molecular weight is 328 g/mol. The minimum Gasteiger partial charge on any atom is -0.444 e. The van der Waals surface area contributed by atoms with Gasteiger partial charge in [-0.05, 0) is 27.2 Å². The first kappa shape index (κ1) is 17.0. The smallest absolute Gasteiger partial charge is 0.410 e. The molecule has 1 aliphatic heterocycles. The first-order valence-electron chi connectivity index (χ1n) is 7.43. The lowest BCUT2D eigenvalue weighted by Crippen LogP contribution is -2.39. The van der Waals surface area contributed by atoms with E-state index in [9.17, 15) is 4.79 Å². The van der Waals surface area contributed by atoms with Crippen molar-refractivity contribution in [2.24, 2.45) is 0 Å². The third-order valence-corrected chi connectivity index (χ3v) is 3.96. The maximum Gasteiger partial charge on any atom is 0.410 e. The minimum absolute atomic E-state index is 0.244. The fourth-order valence-corrected chi connectivity index (χ4v) is 2.90. The van der Waals surface area contributed by atoms with E-state index in [2.05, 4.69) is 14.3 Å². The number of carbonyl (C=O) groups is 1. The molecule has 124 valence electrons.